The Morgan fingerprint density at radius 1 is 0.861 bits per heavy atom. The lowest BCUT2D eigenvalue weighted by molar-refractivity contribution is -0.906. The summed E-state index contributed by atoms with van der Waals surface area (Å²) in [5.41, 5.74) is 2.53. The maximum atomic E-state index is 12.9. The standard InChI is InChI=1S/C32H50NO3/c1-6-8-9-10-11-12-16-21-30-22-17-18-23-31(30)36-27(3)26-35-32(34)29(7-2)25-33(4,5)24-28-19-14-13-15-20-28/h13-15,17-20,22-23,27,29H,6-12,16,21,24-26H2,1-5H3/q+1. The van der Waals surface area contributed by atoms with Gasteiger partial charge in [-0.3, -0.25) is 4.79 Å². The number of unbranched alkanes of at least 4 members (excludes halogenated alkanes) is 6. The van der Waals surface area contributed by atoms with Gasteiger partial charge in [0, 0.05) is 5.56 Å². The predicted molar refractivity (Wildman–Crippen MR) is 150 cm³/mol. The van der Waals surface area contributed by atoms with Gasteiger partial charge in [-0.25, -0.2) is 0 Å². The van der Waals surface area contributed by atoms with Gasteiger partial charge in [0.2, 0.25) is 0 Å². The molecule has 2 unspecified atom stereocenters. The topological polar surface area (TPSA) is 35.5 Å². The number of carbonyl (C=O) groups is 1. The fourth-order valence-corrected chi connectivity index (χ4v) is 4.78. The summed E-state index contributed by atoms with van der Waals surface area (Å²) in [5.74, 6) is 0.670. The van der Waals surface area contributed by atoms with Crippen molar-refractivity contribution < 1.29 is 18.8 Å². The summed E-state index contributed by atoms with van der Waals surface area (Å²) in [5, 5.41) is 0. The second kappa shape index (κ2) is 16.4. The highest BCUT2D eigenvalue weighted by molar-refractivity contribution is 5.72. The molecule has 2 aromatic rings. The van der Waals surface area contributed by atoms with Gasteiger partial charge in [0.05, 0.1) is 20.6 Å². The van der Waals surface area contributed by atoms with Crippen molar-refractivity contribution in [3.63, 3.8) is 0 Å². The van der Waals surface area contributed by atoms with Crippen LogP contribution in [0.15, 0.2) is 54.6 Å². The number of hydrogen-bond acceptors (Lipinski definition) is 3. The molecule has 0 saturated carbocycles. The van der Waals surface area contributed by atoms with Crippen LogP contribution in [0.1, 0.15) is 83.3 Å². The van der Waals surface area contributed by atoms with Gasteiger partial charge >= 0.3 is 5.97 Å². The normalized spacial score (nSPS) is 13.2. The van der Waals surface area contributed by atoms with Crippen LogP contribution in [0.5, 0.6) is 5.75 Å². The highest BCUT2D eigenvalue weighted by atomic mass is 16.6. The molecule has 0 aromatic heterocycles. The summed E-state index contributed by atoms with van der Waals surface area (Å²) in [6.07, 6.45) is 10.7. The summed E-state index contributed by atoms with van der Waals surface area (Å²) in [4.78, 5) is 12.9. The molecule has 0 spiro atoms. The van der Waals surface area contributed by atoms with E-state index in [4.69, 9.17) is 9.47 Å². The average Bonchev–Trinajstić information content (AvgIpc) is 2.86. The number of ether oxygens (including phenoxy) is 2. The third-order valence-electron chi connectivity index (χ3n) is 6.80. The number of benzene rings is 2. The smallest absolute Gasteiger partial charge is 0.314 e. The minimum absolute atomic E-state index is 0.122. The van der Waals surface area contributed by atoms with Crippen LogP contribution in [0.2, 0.25) is 0 Å². The molecule has 200 valence electrons. The summed E-state index contributed by atoms with van der Waals surface area (Å²) >= 11 is 0. The van der Waals surface area contributed by atoms with Gasteiger partial charge in [0.1, 0.15) is 30.9 Å². The van der Waals surface area contributed by atoms with Crippen molar-refractivity contribution in [2.24, 2.45) is 5.92 Å². The van der Waals surface area contributed by atoms with E-state index in [-0.39, 0.29) is 24.6 Å². The second-order valence-electron chi connectivity index (χ2n) is 10.9. The highest BCUT2D eigenvalue weighted by Crippen LogP contribution is 2.23. The van der Waals surface area contributed by atoms with Crippen LogP contribution >= 0.6 is 0 Å². The van der Waals surface area contributed by atoms with Crippen molar-refractivity contribution in [2.45, 2.75) is 91.2 Å². The van der Waals surface area contributed by atoms with E-state index in [1.807, 2.05) is 25.1 Å². The van der Waals surface area contributed by atoms with Gasteiger partial charge in [-0.1, -0.05) is 101 Å². The first-order valence-electron chi connectivity index (χ1n) is 14.1. The Balaban J connectivity index is 1.79. The number of aryl methyl sites for hydroxylation is 1. The molecule has 2 atom stereocenters. The second-order valence-corrected chi connectivity index (χ2v) is 10.9. The number of nitrogens with zero attached hydrogens (tertiary/aromatic N) is 1. The van der Waals surface area contributed by atoms with Crippen molar-refractivity contribution in [3.8, 4) is 5.75 Å². The van der Waals surface area contributed by atoms with Gasteiger partial charge < -0.3 is 14.0 Å². The summed E-state index contributed by atoms with van der Waals surface area (Å²) in [6.45, 7) is 8.21. The van der Waals surface area contributed by atoms with Gasteiger partial charge in [-0.05, 0) is 37.8 Å². The number of hydrogen-bond donors (Lipinski definition) is 0. The Hall–Kier alpha value is -2.33. The molecule has 36 heavy (non-hydrogen) atoms. The molecule has 0 aliphatic heterocycles. The molecule has 0 aliphatic rings. The van der Waals surface area contributed by atoms with Crippen LogP contribution in [-0.4, -0.2) is 43.8 Å². The van der Waals surface area contributed by atoms with Crippen LogP contribution in [0, 0.1) is 5.92 Å². The van der Waals surface area contributed by atoms with E-state index < -0.39 is 0 Å². The van der Waals surface area contributed by atoms with E-state index in [0.717, 1.165) is 36.2 Å². The van der Waals surface area contributed by atoms with Gasteiger partial charge in [0.15, 0.2) is 0 Å². The van der Waals surface area contributed by atoms with Crippen LogP contribution in [-0.2, 0) is 22.5 Å². The maximum Gasteiger partial charge on any atom is 0.314 e. The summed E-state index contributed by atoms with van der Waals surface area (Å²) in [7, 11) is 4.35. The summed E-state index contributed by atoms with van der Waals surface area (Å²) in [6, 6.07) is 18.7. The van der Waals surface area contributed by atoms with Crippen molar-refractivity contribution >= 4 is 5.97 Å². The number of rotatable bonds is 18. The monoisotopic (exact) mass is 496 g/mol. The molecule has 2 aromatic carbocycles. The van der Waals surface area contributed by atoms with E-state index in [1.165, 1.54) is 56.1 Å². The third kappa shape index (κ3) is 11.6. The molecule has 4 nitrogen and oxygen atoms in total. The lowest BCUT2D eigenvalue weighted by atomic mass is 10.0. The van der Waals surface area contributed by atoms with Crippen LogP contribution in [0.4, 0.5) is 0 Å². The Morgan fingerprint density at radius 2 is 1.50 bits per heavy atom. The van der Waals surface area contributed by atoms with Crippen molar-refractivity contribution in [1.29, 1.82) is 0 Å². The zero-order chi connectivity index (χ0) is 26.2. The first-order valence-corrected chi connectivity index (χ1v) is 14.1. The number of quaternary nitrogens is 1. The fourth-order valence-electron chi connectivity index (χ4n) is 4.78. The average molecular weight is 497 g/mol. The SMILES string of the molecule is CCCCCCCCCc1ccccc1OC(C)COC(=O)C(CC)C[N+](C)(C)Cc1ccccc1. The Bertz CT molecular complexity index is 865. The number of carbonyl (C=O) groups excluding carboxylic acids is 1. The third-order valence-corrected chi connectivity index (χ3v) is 6.80. The molecule has 2 rings (SSSR count). The van der Waals surface area contributed by atoms with Crippen molar-refractivity contribution in [2.75, 3.05) is 27.2 Å². The lowest BCUT2D eigenvalue weighted by Gasteiger charge is -2.32. The van der Waals surface area contributed by atoms with Crippen LogP contribution < -0.4 is 4.74 Å². The quantitative estimate of drug-likeness (QED) is 0.121. The fraction of sp³-hybridized carbons (Fsp3) is 0.594. The first kappa shape index (κ1) is 29.9. The van der Waals surface area contributed by atoms with E-state index >= 15 is 0 Å². The zero-order valence-electron chi connectivity index (χ0n) is 23.5. The Labute approximate surface area is 220 Å². The van der Waals surface area contributed by atoms with Crippen LogP contribution in [0.25, 0.3) is 0 Å². The van der Waals surface area contributed by atoms with Gasteiger partial charge in [0.25, 0.3) is 0 Å². The number of para-hydroxylation sites is 1. The minimum Gasteiger partial charge on any atom is -0.487 e. The van der Waals surface area contributed by atoms with Crippen LogP contribution in [0.3, 0.4) is 0 Å². The van der Waals surface area contributed by atoms with E-state index in [0.29, 0.717) is 0 Å². The molecule has 0 heterocycles. The molecule has 0 bridgehead atoms. The lowest BCUT2D eigenvalue weighted by Crippen LogP contribution is -2.45. The van der Waals surface area contributed by atoms with E-state index in [1.54, 1.807) is 0 Å². The van der Waals surface area contributed by atoms with Crippen molar-refractivity contribution in [3.05, 3.63) is 65.7 Å². The number of esters is 1. The molecule has 0 saturated heterocycles. The molecular weight excluding hydrogens is 446 g/mol. The van der Waals surface area contributed by atoms with Crippen molar-refractivity contribution in [1.82, 2.24) is 0 Å². The zero-order valence-corrected chi connectivity index (χ0v) is 23.5. The predicted octanol–water partition coefficient (Wildman–Crippen LogP) is 7.59. The molecular formula is C32H50NO3+. The Kier molecular flexibility index (Phi) is 13.6. The minimum atomic E-state index is -0.187. The van der Waals surface area contributed by atoms with E-state index in [2.05, 4.69) is 64.3 Å². The molecule has 0 radical (unpaired) electrons. The Morgan fingerprint density at radius 3 is 2.19 bits per heavy atom. The molecule has 0 N–H and O–H groups in total. The largest absolute Gasteiger partial charge is 0.487 e. The molecule has 0 amide bonds. The van der Waals surface area contributed by atoms with E-state index in [9.17, 15) is 4.79 Å². The first-order chi connectivity index (χ1) is 17.3. The summed E-state index contributed by atoms with van der Waals surface area (Å²) < 4.78 is 12.7. The van der Waals surface area contributed by atoms with Gasteiger partial charge in [-0.15, -0.1) is 0 Å². The molecule has 4 heteroatoms. The highest BCUT2D eigenvalue weighted by Gasteiger charge is 2.28. The molecule has 0 aliphatic carbocycles. The molecule has 0 fully saturated rings. The maximum absolute atomic E-state index is 12.9. The van der Waals surface area contributed by atoms with Gasteiger partial charge in [-0.2, -0.15) is 0 Å².